The summed E-state index contributed by atoms with van der Waals surface area (Å²) in [5, 5.41) is 3.45. The summed E-state index contributed by atoms with van der Waals surface area (Å²) in [5.74, 6) is 0. The quantitative estimate of drug-likeness (QED) is 0.906. The molecule has 0 bridgehead atoms. The molecule has 1 heterocycles. The van der Waals surface area contributed by atoms with Gasteiger partial charge in [-0.2, -0.15) is 0 Å². The molecule has 0 aliphatic carbocycles. The number of likely N-dealkylation sites (N-methyl/N-ethyl adjacent to an activating group) is 1. The predicted octanol–water partition coefficient (Wildman–Crippen LogP) is 3.01. The van der Waals surface area contributed by atoms with Gasteiger partial charge < -0.3 is 10.2 Å². The summed E-state index contributed by atoms with van der Waals surface area (Å²) in [5.41, 5.74) is 5.84. The molecule has 2 aromatic carbocycles. The Morgan fingerprint density at radius 3 is 2.71 bits per heavy atom. The van der Waals surface area contributed by atoms with E-state index in [2.05, 4.69) is 65.8 Å². The van der Waals surface area contributed by atoms with E-state index >= 15 is 0 Å². The summed E-state index contributed by atoms with van der Waals surface area (Å²) in [6.45, 7) is 4.26. The summed E-state index contributed by atoms with van der Waals surface area (Å²) in [6.07, 6.45) is 2.28. The van der Waals surface area contributed by atoms with E-state index in [1.807, 2.05) is 0 Å². The molecule has 2 nitrogen and oxygen atoms in total. The van der Waals surface area contributed by atoms with Gasteiger partial charge in [-0.05, 0) is 48.7 Å². The Balaban J connectivity index is 1.56. The highest BCUT2D eigenvalue weighted by atomic mass is 15.1. The van der Waals surface area contributed by atoms with Crippen molar-refractivity contribution in [2.24, 2.45) is 0 Å². The van der Waals surface area contributed by atoms with Crippen molar-refractivity contribution in [1.29, 1.82) is 0 Å². The third-order valence-electron chi connectivity index (χ3n) is 4.23. The van der Waals surface area contributed by atoms with Gasteiger partial charge in [-0.25, -0.2) is 0 Å². The summed E-state index contributed by atoms with van der Waals surface area (Å²) in [4.78, 5) is 2.41. The molecule has 1 N–H and O–H groups in total. The Hall–Kier alpha value is -1.64. The molecule has 0 fully saturated rings. The second kappa shape index (κ2) is 6.88. The molecule has 2 aromatic rings. The van der Waals surface area contributed by atoms with Crippen molar-refractivity contribution in [3.8, 4) is 0 Å². The third kappa shape index (κ3) is 3.93. The van der Waals surface area contributed by atoms with Crippen molar-refractivity contribution in [3.05, 3.63) is 70.8 Å². The molecule has 0 saturated heterocycles. The van der Waals surface area contributed by atoms with Crippen LogP contribution in [0, 0.1) is 0 Å². The average molecular weight is 280 g/mol. The summed E-state index contributed by atoms with van der Waals surface area (Å²) in [7, 11) is 2.21. The molecular formula is C19H24N2. The van der Waals surface area contributed by atoms with Gasteiger partial charge in [0.2, 0.25) is 0 Å². The number of nitrogens with one attached hydrogen (secondary N) is 1. The monoisotopic (exact) mass is 280 g/mol. The lowest BCUT2D eigenvalue weighted by Crippen LogP contribution is -2.24. The van der Waals surface area contributed by atoms with Crippen LogP contribution in [0.3, 0.4) is 0 Å². The number of nitrogens with zero attached hydrogens (tertiary/aromatic N) is 1. The third-order valence-corrected chi connectivity index (χ3v) is 4.23. The van der Waals surface area contributed by atoms with Crippen LogP contribution in [0.4, 0.5) is 0 Å². The SMILES string of the molecule is CN(CCc1ccccc1)Cc1ccc2c(c1)CNCC2. The Morgan fingerprint density at radius 1 is 1.00 bits per heavy atom. The van der Waals surface area contributed by atoms with Gasteiger partial charge in [-0.3, -0.25) is 0 Å². The van der Waals surface area contributed by atoms with Gasteiger partial charge in [0.15, 0.2) is 0 Å². The molecule has 0 aromatic heterocycles. The van der Waals surface area contributed by atoms with Gasteiger partial charge >= 0.3 is 0 Å². The molecule has 0 radical (unpaired) electrons. The van der Waals surface area contributed by atoms with Crippen molar-refractivity contribution in [1.82, 2.24) is 10.2 Å². The first-order chi connectivity index (χ1) is 10.3. The van der Waals surface area contributed by atoms with Crippen LogP contribution in [0.2, 0.25) is 0 Å². The molecule has 0 amide bonds. The summed E-state index contributed by atoms with van der Waals surface area (Å²) >= 11 is 0. The molecule has 110 valence electrons. The molecule has 21 heavy (non-hydrogen) atoms. The Bertz CT molecular complexity index is 577. The Kier molecular flexibility index (Phi) is 4.69. The van der Waals surface area contributed by atoms with Crippen molar-refractivity contribution in [2.75, 3.05) is 20.1 Å². The van der Waals surface area contributed by atoms with Crippen LogP contribution in [0.15, 0.2) is 48.5 Å². The van der Waals surface area contributed by atoms with Gasteiger partial charge in [0, 0.05) is 19.6 Å². The van der Waals surface area contributed by atoms with Gasteiger partial charge in [-0.15, -0.1) is 0 Å². The van der Waals surface area contributed by atoms with E-state index in [9.17, 15) is 0 Å². The van der Waals surface area contributed by atoms with Gasteiger partial charge in [0.05, 0.1) is 0 Å². The maximum atomic E-state index is 3.45. The summed E-state index contributed by atoms with van der Waals surface area (Å²) < 4.78 is 0. The first kappa shape index (κ1) is 14.3. The van der Waals surface area contributed by atoms with Gasteiger partial charge in [0.25, 0.3) is 0 Å². The minimum atomic E-state index is 1.02. The van der Waals surface area contributed by atoms with Crippen LogP contribution < -0.4 is 5.32 Å². The largest absolute Gasteiger partial charge is 0.312 e. The van der Waals surface area contributed by atoms with Crippen molar-refractivity contribution < 1.29 is 0 Å². The first-order valence-electron chi connectivity index (χ1n) is 7.85. The van der Waals surface area contributed by atoms with Crippen LogP contribution in [0.5, 0.6) is 0 Å². The lowest BCUT2D eigenvalue weighted by molar-refractivity contribution is 0.331. The number of rotatable bonds is 5. The van der Waals surface area contributed by atoms with E-state index in [0.29, 0.717) is 0 Å². The predicted molar refractivity (Wildman–Crippen MR) is 88.3 cm³/mol. The van der Waals surface area contributed by atoms with Crippen molar-refractivity contribution in [2.45, 2.75) is 25.9 Å². The fourth-order valence-electron chi connectivity index (χ4n) is 2.99. The Morgan fingerprint density at radius 2 is 1.86 bits per heavy atom. The van der Waals surface area contributed by atoms with E-state index in [-0.39, 0.29) is 0 Å². The average Bonchev–Trinajstić information content (AvgIpc) is 2.54. The highest BCUT2D eigenvalue weighted by Gasteiger charge is 2.09. The van der Waals surface area contributed by atoms with E-state index in [0.717, 1.165) is 32.6 Å². The first-order valence-corrected chi connectivity index (χ1v) is 7.85. The molecule has 0 saturated carbocycles. The van der Waals surface area contributed by atoms with Crippen molar-refractivity contribution >= 4 is 0 Å². The number of hydrogen-bond donors (Lipinski definition) is 1. The Labute approximate surface area is 127 Å². The van der Waals surface area contributed by atoms with E-state index < -0.39 is 0 Å². The number of fused-ring (bicyclic) bond motifs is 1. The normalized spacial score (nSPS) is 14.2. The van der Waals surface area contributed by atoms with E-state index in [4.69, 9.17) is 0 Å². The molecule has 0 unspecified atom stereocenters. The highest BCUT2D eigenvalue weighted by molar-refractivity contribution is 5.33. The van der Waals surface area contributed by atoms with Crippen LogP contribution >= 0.6 is 0 Å². The maximum Gasteiger partial charge on any atom is 0.0230 e. The smallest absolute Gasteiger partial charge is 0.0230 e. The second-order valence-corrected chi connectivity index (χ2v) is 6.00. The van der Waals surface area contributed by atoms with Crippen LogP contribution in [0.1, 0.15) is 22.3 Å². The van der Waals surface area contributed by atoms with Crippen LogP contribution in [-0.2, 0) is 25.9 Å². The standard InChI is InChI=1S/C19H24N2/c1-21(12-10-16-5-3-2-4-6-16)15-17-7-8-18-9-11-20-14-19(18)13-17/h2-8,13,20H,9-12,14-15H2,1H3. The zero-order chi connectivity index (χ0) is 14.5. The van der Waals surface area contributed by atoms with E-state index in [1.165, 1.54) is 28.7 Å². The fourth-order valence-corrected chi connectivity index (χ4v) is 2.99. The molecule has 3 rings (SSSR count). The topological polar surface area (TPSA) is 15.3 Å². The van der Waals surface area contributed by atoms with Crippen molar-refractivity contribution in [3.63, 3.8) is 0 Å². The lowest BCUT2D eigenvalue weighted by Gasteiger charge is -2.20. The molecule has 0 spiro atoms. The molecule has 1 aliphatic rings. The minimum Gasteiger partial charge on any atom is -0.312 e. The minimum absolute atomic E-state index is 1.02. The fraction of sp³-hybridized carbons (Fsp3) is 0.368. The van der Waals surface area contributed by atoms with Crippen LogP contribution in [-0.4, -0.2) is 25.0 Å². The number of benzene rings is 2. The van der Waals surface area contributed by atoms with Gasteiger partial charge in [0.1, 0.15) is 0 Å². The maximum absolute atomic E-state index is 3.45. The number of hydrogen-bond acceptors (Lipinski definition) is 2. The highest BCUT2D eigenvalue weighted by Crippen LogP contribution is 2.17. The van der Waals surface area contributed by atoms with Crippen LogP contribution in [0.25, 0.3) is 0 Å². The molecule has 2 heteroatoms. The van der Waals surface area contributed by atoms with E-state index in [1.54, 1.807) is 0 Å². The molecular weight excluding hydrogens is 256 g/mol. The second-order valence-electron chi connectivity index (χ2n) is 6.00. The zero-order valence-corrected chi connectivity index (χ0v) is 12.8. The molecule has 0 atom stereocenters. The lowest BCUT2D eigenvalue weighted by atomic mass is 9.98. The van der Waals surface area contributed by atoms with Gasteiger partial charge in [-0.1, -0.05) is 48.5 Å². The summed E-state index contributed by atoms with van der Waals surface area (Å²) in [6, 6.07) is 17.7. The zero-order valence-electron chi connectivity index (χ0n) is 12.8. The molecule has 1 aliphatic heterocycles.